The molecule has 0 saturated heterocycles. The number of hydrogen-bond donors (Lipinski definition) is 2. The van der Waals surface area contributed by atoms with Gasteiger partial charge in [0.2, 0.25) is 11.5 Å². The number of halogens is 4. The molecule has 0 radical (unpaired) electrons. The number of H-pyrrole nitrogens is 1. The molecule has 0 spiro atoms. The summed E-state index contributed by atoms with van der Waals surface area (Å²) in [6.07, 6.45) is -2.23. The maximum atomic E-state index is 12.3. The van der Waals surface area contributed by atoms with Crippen LogP contribution in [0.2, 0.25) is 0 Å². The summed E-state index contributed by atoms with van der Waals surface area (Å²) in [5.41, 5.74) is 4.37. The fourth-order valence-electron chi connectivity index (χ4n) is 1.02. The van der Waals surface area contributed by atoms with Crippen LogP contribution in [0.5, 0.6) is 0 Å². The van der Waals surface area contributed by atoms with Crippen LogP contribution in [0.1, 0.15) is 5.56 Å². The Balaban J connectivity index is 0.000000200. The number of aromatic amines is 1. The molecule has 8 heteroatoms. The van der Waals surface area contributed by atoms with E-state index in [9.17, 15) is 22.4 Å². The lowest BCUT2D eigenvalue weighted by Crippen LogP contribution is -2.08. The molecule has 0 fully saturated rings. The molecule has 0 bridgehead atoms. The number of anilines is 1. The lowest BCUT2D eigenvalue weighted by molar-refractivity contribution is -0.140. The number of pyridine rings is 2. The smallest absolute Gasteiger partial charge is 0.398 e. The average Bonchev–Trinajstić information content (AvgIpc) is 2.33. The predicted molar refractivity (Wildman–Crippen MR) is 60.7 cm³/mol. The summed E-state index contributed by atoms with van der Waals surface area (Å²) in [5.74, 6) is -1.49. The topological polar surface area (TPSA) is 71.8 Å². The molecule has 2 rings (SSSR count). The Kier molecular flexibility index (Phi) is 4.62. The van der Waals surface area contributed by atoms with Crippen LogP contribution in [0.15, 0.2) is 41.5 Å². The Morgan fingerprint density at radius 3 is 2.26 bits per heavy atom. The van der Waals surface area contributed by atoms with E-state index in [1.807, 2.05) is 0 Å². The highest BCUT2D eigenvalue weighted by atomic mass is 19.4. The zero-order valence-electron chi connectivity index (χ0n) is 9.41. The van der Waals surface area contributed by atoms with Crippen molar-refractivity contribution in [3.63, 3.8) is 0 Å². The van der Waals surface area contributed by atoms with E-state index >= 15 is 0 Å². The van der Waals surface area contributed by atoms with Crippen LogP contribution >= 0.6 is 0 Å². The zero-order valence-corrected chi connectivity index (χ0v) is 9.41. The predicted octanol–water partition coefficient (Wildman–Crippen LogP) is 2.20. The molecule has 0 atom stereocenters. The van der Waals surface area contributed by atoms with Crippen LogP contribution in [0.25, 0.3) is 0 Å². The van der Waals surface area contributed by atoms with E-state index in [0.717, 1.165) is 12.3 Å². The molecule has 19 heavy (non-hydrogen) atoms. The van der Waals surface area contributed by atoms with E-state index in [0.29, 0.717) is 11.8 Å². The third-order valence-electron chi connectivity index (χ3n) is 1.87. The molecular weight excluding hydrogens is 266 g/mol. The second kappa shape index (κ2) is 5.98. The van der Waals surface area contributed by atoms with Crippen molar-refractivity contribution in [3.8, 4) is 0 Å². The first-order chi connectivity index (χ1) is 8.80. The normalized spacial score (nSPS) is 10.5. The Morgan fingerprint density at radius 2 is 1.89 bits per heavy atom. The third-order valence-corrected chi connectivity index (χ3v) is 1.87. The molecule has 2 aromatic heterocycles. The molecule has 102 valence electrons. The van der Waals surface area contributed by atoms with Gasteiger partial charge in [-0.25, -0.2) is 4.98 Å². The molecule has 4 nitrogen and oxygen atoms in total. The van der Waals surface area contributed by atoms with Gasteiger partial charge in [-0.15, -0.1) is 0 Å². The van der Waals surface area contributed by atoms with Crippen LogP contribution in [0.3, 0.4) is 0 Å². The number of nitrogens with two attached hydrogens (primary N) is 1. The molecule has 0 aromatic carbocycles. The number of nitrogen functional groups attached to an aromatic ring is 1. The lowest BCUT2D eigenvalue weighted by atomic mass is 10.3. The van der Waals surface area contributed by atoms with Crippen molar-refractivity contribution in [2.45, 2.75) is 6.18 Å². The number of alkyl halides is 3. The standard InChI is InChI=1S/C6H3F4N.C5H6N2O/c7-5-4(6(8,9)10)2-1-3-11-5;6-4-1-2-5(8)7-3-4/h1-3H;1-3H,6H2,(H,7,8). The Morgan fingerprint density at radius 1 is 1.21 bits per heavy atom. The van der Waals surface area contributed by atoms with Gasteiger partial charge in [0.25, 0.3) is 0 Å². The Bertz CT molecular complexity index is 574. The molecule has 0 unspecified atom stereocenters. The fraction of sp³-hybridized carbons (Fsp3) is 0.0909. The number of hydrogen-bond acceptors (Lipinski definition) is 3. The van der Waals surface area contributed by atoms with Crippen LogP contribution in [-0.2, 0) is 6.18 Å². The fourth-order valence-corrected chi connectivity index (χ4v) is 1.02. The number of nitrogens with one attached hydrogen (secondary N) is 1. The average molecular weight is 275 g/mol. The van der Waals surface area contributed by atoms with Gasteiger partial charge in [0, 0.05) is 24.1 Å². The first kappa shape index (κ1) is 14.7. The first-order valence-electron chi connectivity index (χ1n) is 4.92. The van der Waals surface area contributed by atoms with E-state index in [1.54, 1.807) is 6.07 Å². The second-order valence-corrected chi connectivity index (χ2v) is 3.33. The highest BCUT2D eigenvalue weighted by molar-refractivity contribution is 5.32. The van der Waals surface area contributed by atoms with Crippen molar-refractivity contribution in [1.29, 1.82) is 0 Å². The minimum atomic E-state index is -4.65. The van der Waals surface area contributed by atoms with Gasteiger partial charge in [0.05, 0.1) is 0 Å². The van der Waals surface area contributed by atoms with E-state index in [-0.39, 0.29) is 5.56 Å². The molecule has 2 aromatic rings. The van der Waals surface area contributed by atoms with Crippen molar-refractivity contribution < 1.29 is 17.6 Å². The summed E-state index contributed by atoms with van der Waals surface area (Å²) in [4.78, 5) is 15.6. The molecule has 0 amide bonds. The van der Waals surface area contributed by atoms with E-state index in [2.05, 4.69) is 9.97 Å². The molecule has 0 aliphatic carbocycles. The van der Waals surface area contributed by atoms with Gasteiger partial charge >= 0.3 is 6.18 Å². The quantitative estimate of drug-likeness (QED) is 0.572. The second-order valence-electron chi connectivity index (χ2n) is 3.33. The van der Waals surface area contributed by atoms with Crippen LogP contribution in [-0.4, -0.2) is 9.97 Å². The molecule has 3 N–H and O–H groups in total. The zero-order chi connectivity index (χ0) is 14.5. The summed E-state index contributed by atoms with van der Waals surface area (Å²) >= 11 is 0. The Hall–Kier alpha value is -2.38. The van der Waals surface area contributed by atoms with Gasteiger partial charge < -0.3 is 10.7 Å². The van der Waals surface area contributed by atoms with Crippen LogP contribution < -0.4 is 11.3 Å². The van der Waals surface area contributed by atoms with E-state index in [1.165, 1.54) is 12.3 Å². The largest absolute Gasteiger partial charge is 0.420 e. The third kappa shape index (κ3) is 4.78. The van der Waals surface area contributed by atoms with Gasteiger partial charge in [-0.3, -0.25) is 4.79 Å². The maximum absolute atomic E-state index is 12.3. The number of nitrogens with zero attached hydrogens (tertiary/aromatic N) is 1. The van der Waals surface area contributed by atoms with E-state index < -0.39 is 17.7 Å². The molecule has 0 saturated carbocycles. The maximum Gasteiger partial charge on any atom is 0.420 e. The van der Waals surface area contributed by atoms with Gasteiger partial charge in [0.1, 0.15) is 5.56 Å². The van der Waals surface area contributed by atoms with Gasteiger partial charge in [-0.1, -0.05) is 0 Å². The molecule has 0 aliphatic rings. The van der Waals surface area contributed by atoms with Crippen LogP contribution in [0, 0.1) is 5.95 Å². The van der Waals surface area contributed by atoms with Gasteiger partial charge in [0.15, 0.2) is 0 Å². The van der Waals surface area contributed by atoms with Gasteiger partial charge in [-0.05, 0) is 18.2 Å². The van der Waals surface area contributed by atoms with Crippen LogP contribution in [0.4, 0.5) is 23.2 Å². The lowest BCUT2D eigenvalue weighted by Gasteiger charge is -2.04. The SMILES string of the molecule is Fc1ncccc1C(F)(F)F.Nc1ccc(=O)[nH]c1. The summed E-state index contributed by atoms with van der Waals surface area (Å²) in [6, 6.07) is 4.61. The van der Waals surface area contributed by atoms with Crippen molar-refractivity contribution in [2.75, 3.05) is 5.73 Å². The molecule has 2 heterocycles. The van der Waals surface area contributed by atoms with E-state index in [4.69, 9.17) is 5.73 Å². The van der Waals surface area contributed by atoms with Crippen molar-refractivity contribution >= 4 is 5.69 Å². The van der Waals surface area contributed by atoms with Crippen molar-refractivity contribution in [1.82, 2.24) is 9.97 Å². The Labute approximate surface area is 104 Å². The highest BCUT2D eigenvalue weighted by Gasteiger charge is 2.34. The number of rotatable bonds is 0. The minimum absolute atomic E-state index is 0.126. The summed E-state index contributed by atoms with van der Waals surface area (Å²) in [5, 5.41) is 0. The summed E-state index contributed by atoms with van der Waals surface area (Å²) < 4.78 is 47.6. The van der Waals surface area contributed by atoms with Crippen molar-refractivity contribution in [3.05, 3.63) is 58.5 Å². The summed E-state index contributed by atoms with van der Waals surface area (Å²) in [7, 11) is 0. The molecule has 0 aliphatic heterocycles. The summed E-state index contributed by atoms with van der Waals surface area (Å²) in [6.45, 7) is 0. The monoisotopic (exact) mass is 275 g/mol. The van der Waals surface area contributed by atoms with Crippen molar-refractivity contribution in [2.24, 2.45) is 0 Å². The highest BCUT2D eigenvalue weighted by Crippen LogP contribution is 2.29. The number of aromatic nitrogens is 2. The molecular formula is C11H9F4N3O. The first-order valence-corrected chi connectivity index (χ1v) is 4.92. The minimum Gasteiger partial charge on any atom is -0.398 e. The van der Waals surface area contributed by atoms with Gasteiger partial charge in [-0.2, -0.15) is 17.6 Å².